The molecule has 0 aliphatic carbocycles. The topological polar surface area (TPSA) is 75.3 Å². The van der Waals surface area contributed by atoms with E-state index in [1.165, 1.54) is 0 Å². The second-order valence-corrected chi connectivity index (χ2v) is 8.97. The minimum Gasteiger partial charge on any atom is -0.436 e. The number of nitrogens with zero attached hydrogens (tertiary/aromatic N) is 2. The van der Waals surface area contributed by atoms with E-state index in [-0.39, 0.29) is 34.2 Å². The number of H-pyrrole nitrogens is 1. The van der Waals surface area contributed by atoms with Gasteiger partial charge in [-0.2, -0.15) is 0 Å². The number of ether oxygens (including phenoxy) is 1. The number of fused-ring (bicyclic) bond motifs is 1. The Morgan fingerprint density at radius 1 is 1.38 bits per heavy atom. The predicted molar refractivity (Wildman–Crippen MR) is 112 cm³/mol. The second-order valence-electron chi connectivity index (χ2n) is 8.97. The van der Waals surface area contributed by atoms with Gasteiger partial charge < -0.3 is 14.6 Å². The first-order chi connectivity index (χ1) is 13.8. The van der Waals surface area contributed by atoms with Crippen molar-refractivity contribution in [1.82, 2.24) is 14.9 Å². The van der Waals surface area contributed by atoms with Crippen molar-refractivity contribution in [1.29, 1.82) is 0 Å². The summed E-state index contributed by atoms with van der Waals surface area (Å²) in [6, 6.07) is 3.79. The molecule has 2 aromatic rings. The van der Waals surface area contributed by atoms with Gasteiger partial charge in [0.15, 0.2) is 11.5 Å². The van der Waals surface area contributed by atoms with Crippen LogP contribution in [0.2, 0.25) is 0 Å². The van der Waals surface area contributed by atoms with E-state index in [4.69, 9.17) is 4.74 Å². The second kappa shape index (κ2) is 7.17. The molecule has 29 heavy (non-hydrogen) atoms. The summed E-state index contributed by atoms with van der Waals surface area (Å²) in [6.07, 6.45) is 7.34. The minimum atomic E-state index is -0.333. The first kappa shape index (κ1) is 19.4. The standard InChI is InChI=1S/C23H27N3O3/c1-14(2)19(27)18-20(28)17(11-15-12-25-21-16(15)7-5-9-24-21)29-22(18)26-10-6-8-23(3,4)13-26/h5,7,9,11-12,14H,6,8,10,13H2,1-4H3,(H,24,25)/b17-11-. The highest BCUT2D eigenvalue weighted by Crippen LogP contribution is 2.37. The minimum absolute atomic E-state index is 0.110. The van der Waals surface area contributed by atoms with Crippen molar-refractivity contribution in [3.8, 4) is 0 Å². The number of aromatic amines is 1. The molecule has 2 aromatic heterocycles. The summed E-state index contributed by atoms with van der Waals surface area (Å²) in [7, 11) is 0. The van der Waals surface area contributed by atoms with Crippen molar-refractivity contribution in [3.63, 3.8) is 0 Å². The Morgan fingerprint density at radius 2 is 2.17 bits per heavy atom. The SMILES string of the molecule is CC(C)C(=O)C1=C(N2CCCC(C)(C)C2)O/C(=C\c2c[nH]c3ncccc23)C1=O. The molecular weight excluding hydrogens is 366 g/mol. The van der Waals surface area contributed by atoms with E-state index >= 15 is 0 Å². The number of piperidine rings is 1. The van der Waals surface area contributed by atoms with Crippen LogP contribution in [0.1, 0.15) is 46.1 Å². The normalized spacial score (nSPS) is 20.8. The zero-order valence-corrected chi connectivity index (χ0v) is 17.4. The average Bonchev–Trinajstić information content (AvgIpc) is 3.22. The van der Waals surface area contributed by atoms with Crippen molar-refractivity contribution in [2.24, 2.45) is 11.3 Å². The van der Waals surface area contributed by atoms with Gasteiger partial charge in [0.1, 0.15) is 11.2 Å². The Hall–Kier alpha value is -2.89. The maximum atomic E-state index is 13.2. The Balaban J connectivity index is 1.74. The number of pyridine rings is 1. The molecule has 4 rings (SSSR count). The molecule has 0 atom stereocenters. The number of hydrogen-bond acceptors (Lipinski definition) is 5. The van der Waals surface area contributed by atoms with Crippen molar-refractivity contribution in [3.05, 3.63) is 47.3 Å². The first-order valence-corrected chi connectivity index (χ1v) is 10.2. The molecule has 0 unspecified atom stereocenters. The number of nitrogens with one attached hydrogen (secondary N) is 1. The highest BCUT2D eigenvalue weighted by Gasteiger charge is 2.41. The number of allylic oxidation sites excluding steroid dienone is 1. The third kappa shape index (κ3) is 3.59. The van der Waals surface area contributed by atoms with Crippen molar-refractivity contribution < 1.29 is 14.3 Å². The number of hydrogen-bond donors (Lipinski definition) is 1. The van der Waals surface area contributed by atoms with Crippen molar-refractivity contribution in [2.45, 2.75) is 40.5 Å². The fourth-order valence-electron chi connectivity index (χ4n) is 4.08. The number of carbonyl (C=O) groups excluding carboxylic acids is 2. The molecule has 6 heteroatoms. The number of Topliss-reactive ketones (excluding diaryl/α,β-unsaturated/α-hetero) is 2. The number of carbonyl (C=O) groups is 2. The third-order valence-electron chi connectivity index (χ3n) is 5.60. The van der Waals surface area contributed by atoms with Gasteiger partial charge in [0, 0.05) is 42.4 Å². The Kier molecular flexibility index (Phi) is 4.81. The van der Waals surface area contributed by atoms with Crippen molar-refractivity contribution in [2.75, 3.05) is 13.1 Å². The molecule has 152 valence electrons. The maximum absolute atomic E-state index is 13.2. The third-order valence-corrected chi connectivity index (χ3v) is 5.60. The summed E-state index contributed by atoms with van der Waals surface area (Å²) in [5.41, 5.74) is 1.85. The summed E-state index contributed by atoms with van der Waals surface area (Å²) in [4.78, 5) is 35.6. The van der Waals surface area contributed by atoms with Gasteiger partial charge in [-0.1, -0.05) is 27.7 Å². The van der Waals surface area contributed by atoms with Crippen LogP contribution in [-0.2, 0) is 14.3 Å². The Labute approximate surface area is 170 Å². The van der Waals surface area contributed by atoms with Crippen LogP contribution < -0.4 is 0 Å². The van der Waals surface area contributed by atoms with Gasteiger partial charge >= 0.3 is 0 Å². The molecule has 0 radical (unpaired) electrons. The van der Waals surface area contributed by atoms with Gasteiger partial charge in [0.25, 0.3) is 0 Å². The summed E-state index contributed by atoms with van der Waals surface area (Å²) >= 11 is 0. The lowest BCUT2D eigenvalue weighted by Crippen LogP contribution is -2.40. The van der Waals surface area contributed by atoms with Gasteiger partial charge in [0.2, 0.25) is 11.7 Å². The van der Waals surface area contributed by atoms with Gasteiger partial charge in [-0.25, -0.2) is 4.98 Å². The molecule has 4 heterocycles. The van der Waals surface area contributed by atoms with Crippen LogP contribution in [0, 0.1) is 11.3 Å². The quantitative estimate of drug-likeness (QED) is 0.626. The van der Waals surface area contributed by atoms with E-state index in [0.29, 0.717) is 5.88 Å². The molecule has 2 aliphatic rings. The van der Waals surface area contributed by atoms with E-state index < -0.39 is 0 Å². The average molecular weight is 393 g/mol. The lowest BCUT2D eigenvalue weighted by molar-refractivity contribution is -0.121. The smallest absolute Gasteiger partial charge is 0.237 e. The Morgan fingerprint density at radius 3 is 2.90 bits per heavy atom. The fourth-order valence-corrected chi connectivity index (χ4v) is 4.08. The maximum Gasteiger partial charge on any atom is 0.237 e. The first-order valence-electron chi connectivity index (χ1n) is 10.2. The van der Waals surface area contributed by atoms with Crippen LogP contribution in [0.3, 0.4) is 0 Å². The van der Waals surface area contributed by atoms with Gasteiger partial charge in [0.05, 0.1) is 0 Å². The lowest BCUT2D eigenvalue weighted by atomic mass is 9.84. The molecule has 0 bridgehead atoms. The fraction of sp³-hybridized carbons (Fsp3) is 0.435. The Bertz CT molecular complexity index is 1040. The highest BCUT2D eigenvalue weighted by atomic mass is 16.5. The molecule has 1 N–H and O–H groups in total. The van der Waals surface area contributed by atoms with Gasteiger partial charge in [-0.05, 0) is 36.5 Å². The van der Waals surface area contributed by atoms with E-state index in [9.17, 15) is 9.59 Å². The van der Waals surface area contributed by atoms with E-state index in [1.54, 1.807) is 18.5 Å². The highest BCUT2D eigenvalue weighted by molar-refractivity contribution is 6.28. The van der Waals surface area contributed by atoms with Gasteiger partial charge in [-0.3, -0.25) is 9.59 Å². The van der Waals surface area contributed by atoms with Crippen LogP contribution in [0.25, 0.3) is 17.1 Å². The molecule has 6 nitrogen and oxygen atoms in total. The summed E-state index contributed by atoms with van der Waals surface area (Å²) in [6.45, 7) is 9.58. The molecule has 0 aromatic carbocycles. The summed E-state index contributed by atoms with van der Waals surface area (Å²) in [5, 5.41) is 0.903. The van der Waals surface area contributed by atoms with E-state index in [2.05, 4.69) is 28.7 Å². The zero-order valence-electron chi connectivity index (χ0n) is 17.4. The summed E-state index contributed by atoms with van der Waals surface area (Å²) in [5.74, 6) is -0.164. The summed E-state index contributed by atoms with van der Waals surface area (Å²) < 4.78 is 6.07. The van der Waals surface area contributed by atoms with Gasteiger partial charge in [-0.15, -0.1) is 0 Å². The number of ketones is 2. The monoisotopic (exact) mass is 393 g/mol. The molecule has 2 aliphatic heterocycles. The molecule has 0 amide bonds. The van der Waals surface area contributed by atoms with Crippen LogP contribution in [0.5, 0.6) is 0 Å². The molecule has 1 saturated heterocycles. The van der Waals surface area contributed by atoms with Crippen LogP contribution in [-0.4, -0.2) is 39.5 Å². The molecule has 0 spiro atoms. The van der Waals surface area contributed by atoms with E-state index in [1.807, 2.05) is 26.0 Å². The van der Waals surface area contributed by atoms with E-state index in [0.717, 1.165) is 42.5 Å². The van der Waals surface area contributed by atoms with Crippen molar-refractivity contribution >= 4 is 28.7 Å². The van der Waals surface area contributed by atoms with Crippen LogP contribution >= 0.6 is 0 Å². The number of rotatable bonds is 4. The number of likely N-dealkylation sites (tertiary alicyclic amines) is 1. The lowest BCUT2D eigenvalue weighted by Gasteiger charge is -2.39. The number of aromatic nitrogens is 2. The molecule has 1 fully saturated rings. The molecule has 0 saturated carbocycles. The zero-order chi connectivity index (χ0) is 20.8. The van der Waals surface area contributed by atoms with Crippen LogP contribution in [0.4, 0.5) is 0 Å². The van der Waals surface area contributed by atoms with Crippen LogP contribution in [0.15, 0.2) is 41.7 Å². The largest absolute Gasteiger partial charge is 0.436 e. The molecular formula is C23H27N3O3. The predicted octanol–water partition coefficient (Wildman–Crippen LogP) is 4.06.